The van der Waals surface area contributed by atoms with E-state index in [9.17, 15) is 0 Å². The summed E-state index contributed by atoms with van der Waals surface area (Å²) in [5, 5.41) is 11.5. The number of aryl methyl sites for hydroxylation is 1. The monoisotopic (exact) mass is 208 g/mol. The zero-order chi connectivity index (χ0) is 11.4. The summed E-state index contributed by atoms with van der Waals surface area (Å²) in [5.74, 6) is 0.845. The van der Waals surface area contributed by atoms with E-state index in [2.05, 4.69) is 5.16 Å². The number of hydrogen-bond acceptors (Lipinski definition) is 3. The predicted molar refractivity (Wildman–Crippen MR) is 59.5 cm³/mol. The Kier molecular flexibility index (Phi) is 3.55. The Morgan fingerprint density at radius 3 is 2.67 bits per heavy atom. The van der Waals surface area contributed by atoms with Crippen LogP contribution in [0, 0.1) is 6.92 Å². The second kappa shape index (κ2) is 4.68. The molecule has 0 aromatic heterocycles. The SMILES string of the molecule is Cc1ccc(/C(N)=N/O)cc1OC(C)C. The Morgan fingerprint density at radius 1 is 1.47 bits per heavy atom. The lowest BCUT2D eigenvalue weighted by molar-refractivity contribution is 0.240. The number of oxime groups is 1. The van der Waals surface area contributed by atoms with E-state index in [1.54, 1.807) is 12.1 Å². The maximum atomic E-state index is 8.55. The van der Waals surface area contributed by atoms with Gasteiger partial charge in [0.05, 0.1) is 6.10 Å². The number of amidine groups is 1. The van der Waals surface area contributed by atoms with E-state index < -0.39 is 0 Å². The summed E-state index contributed by atoms with van der Waals surface area (Å²) in [6.07, 6.45) is 0.103. The van der Waals surface area contributed by atoms with Gasteiger partial charge in [0, 0.05) is 5.56 Å². The van der Waals surface area contributed by atoms with E-state index >= 15 is 0 Å². The Hall–Kier alpha value is -1.71. The lowest BCUT2D eigenvalue weighted by Crippen LogP contribution is -2.14. The van der Waals surface area contributed by atoms with Crippen molar-refractivity contribution in [2.45, 2.75) is 26.9 Å². The molecular formula is C11H16N2O2. The molecule has 1 aromatic carbocycles. The average molecular weight is 208 g/mol. The van der Waals surface area contributed by atoms with Crippen molar-refractivity contribution in [1.29, 1.82) is 0 Å². The predicted octanol–water partition coefficient (Wildman–Crippen LogP) is 1.88. The molecule has 0 aliphatic rings. The van der Waals surface area contributed by atoms with Crippen LogP contribution in [0.1, 0.15) is 25.0 Å². The summed E-state index contributed by atoms with van der Waals surface area (Å²) in [6.45, 7) is 5.86. The molecule has 0 radical (unpaired) electrons. The van der Waals surface area contributed by atoms with E-state index in [1.807, 2.05) is 26.8 Å². The van der Waals surface area contributed by atoms with Crippen LogP contribution in [0.3, 0.4) is 0 Å². The molecule has 82 valence electrons. The highest BCUT2D eigenvalue weighted by Gasteiger charge is 2.06. The highest BCUT2D eigenvalue weighted by atomic mass is 16.5. The third kappa shape index (κ3) is 2.87. The van der Waals surface area contributed by atoms with Gasteiger partial charge in [-0.15, -0.1) is 0 Å². The molecule has 15 heavy (non-hydrogen) atoms. The van der Waals surface area contributed by atoms with Gasteiger partial charge in [-0.1, -0.05) is 17.3 Å². The average Bonchev–Trinajstić information content (AvgIpc) is 2.19. The second-order valence-electron chi connectivity index (χ2n) is 3.63. The molecule has 0 amide bonds. The molecule has 0 fully saturated rings. The first-order chi connectivity index (χ1) is 7.04. The van der Waals surface area contributed by atoms with Gasteiger partial charge in [-0.3, -0.25) is 0 Å². The highest BCUT2D eigenvalue weighted by Crippen LogP contribution is 2.20. The first kappa shape index (κ1) is 11.4. The van der Waals surface area contributed by atoms with Gasteiger partial charge >= 0.3 is 0 Å². The molecule has 0 spiro atoms. The normalized spacial score (nSPS) is 11.9. The van der Waals surface area contributed by atoms with Gasteiger partial charge in [0.25, 0.3) is 0 Å². The molecule has 3 N–H and O–H groups in total. The number of nitrogens with two attached hydrogens (primary N) is 1. The fourth-order valence-electron chi connectivity index (χ4n) is 1.20. The smallest absolute Gasteiger partial charge is 0.170 e. The van der Waals surface area contributed by atoms with Crippen LogP contribution in [0.2, 0.25) is 0 Å². The first-order valence-corrected chi connectivity index (χ1v) is 4.79. The van der Waals surface area contributed by atoms with Crippen molar-refractivity contribution in [3.05, 3.63) is 29.3 Å². The molecule has 4 heteroatoms. The van der Waals surface area contributed by atoms with Gasteiger partial charge < -0.3 is 15.7 Å². The lowest BCUT2D eigenvalue weighted by atomic mass is 10.1. The molecular weight excluding hydrogens is 192 g/mol. The van der Waals surface area contributed by atoms with E-state index in [1.165, 1.54) is 0 Å². The third-order valence-electron chi connectivity index (χ3n) is 1.95. The second-order valence-corrected chi connectivity index (χ2v) is 3.63. The molecule has 0 aliphatic carbocycles. The molecule has 0 heterocycles. The molecule has 0 bridgehead atoms. The van der Waals surface area contributed by atoms with Gasteiger partial charge in [-0.2, -0.15) is 0 Å². The van der Waals surface area contributed by atoms with Crippen molar-refractivity contribution < 1.29 is 9.94 Å². The van der Waals surface area contributed by atoms with Crippen LogP contribution >= 0.6 is 0 Å². The van der Waals surface area contributed by atoms with Crippen molar-refractivity contribution in [2.24, 2.45) is 10.9 Å². The molecule has 0 unspecified atom stereocenters. The maximum Gasteiger partial charge on any atom is 0.170 e. The number of benzene rings is 1. The van der Waals surface area contributed by atoms with Gasteiger partial charge in [0.15, 0.2) is 5.84 Å². The molecule has 1 aromatic rings. The zero-order valence-corrected chi connectivity index (χ0v) is 9.19. The molecule has 0 saturated carbocycles. The Balaban J connectivity index is 3.05. The Bertz CT molecular complexity index is 373. The minimum Gasteiger partial charge on any atom is -0.491 e. The molecule has 0 atom stereocenters. The largest absolute Gasteiger partial charge is 0.491 e. The molecule has 0 aliphatic heterocycles. The summed E-state index contributed by atoms with van der Waals surface area (Å²) in [5.41, 5.74) is 7.17. The number of hydrogen-bond donors (Lipinski definition) is 2. The van der Waals surface area contributed by atoms with Crippen LogP contribution in [0.15, 0.2) is 23.4 Å². The zero-order valence-electron chi connectivity index (χ0n) is 9.19. The minimum absolute atomic E-state index is 0.0867. The minimum atomic E-state index is 0.0867. The van der Waals surface area contributed by atoms with Crippen LogP contribution in [0.25, 0.3) is 0 Å². The summed E-state index contributed by atoms with van der Waals surface area (Å²) in [6, 6.07) is 5.44. The van der Waals surface area contributed by atoms with E-state index in [0.717, 1.165) is 11.3 Å². The van der Waals surface area contributed by atoms with Crippen molar-refractivity contribution in [3.8, 4) is 5.75 Å². The van der Waals surface area contributed by atoms with E-state index in [4.69, 9.17) is 15.7 Å². The fourth-order valence-corrected chi connectivity index (χ4v) is 1.20. The Labute approximate surface area is 89.4 Å². The van der Waals surface area contributed by atoms with E-state index in [0.29, 0.717) is 5.56 Å². The number of ether oxygens (including phenoxy) is 1. The van der Waals surface area contributed by atoms with Gasteiger partial charge in [0.1, 0.15) is 5.75 Å². The van der Waals surface area contributed by atoms with E-state index in [-0.39, 0.29) is 11.9 Å². The molecule has 0 saturated heterocycles. The molecule has 4 nitrogen and oxygen atoms in total. The quantitative estimate of drug-likeness (QED) is 0.345. The number of nitrogens with zero attached hydrogens (tertiary/aromatic N) is 1. The standard InChI is InChI=1S/C11H16N2O2/c1-7(2)15-10-6-9(11(12)13-14)5-4-8(10)3/h4-7,14H,1-3H3,(H2,12,13). The topological polar surface area (TPSA) is 67.8 Å². The van der Waals surface area contributed by atoms with Crippen LogP contribution < -0.4 is 10.5 Å². The molecule has 1 rings (SSSR count). The Morgan fingerprint density at radius 2 is 2.13 bits per heavy atom. The maximum absolute atomic E-state index is 8.55. The summed E-state index contributed by atoms with van der Waals surface area (Å²) in [7, 11) is 0. The van der Waals surface area contributed by atoms with Gasteiger partial charge in [-0.25, -0.2) is 0 Å². The van der Waals surface area contributed by atoms with Crippen LogP contribution in [-0.2, 0) is 0 Å². The summed E-state index contributed by atoms with van der Waals surface area (Å²) in [4.78, 5) is 0. The fraction of sp³-hybridized carbons (Fsp3) is 0.364. The van der Waals surface area contributed by atoms with Crippen LogP contribution in [0.4, 0.5) is 0 Å². The van der Waals surface area contributed by atoms with Crippen molar-refractivity contribution in [1.82, 2.24) is 0 Å². The van der Waals surface area contributed by atoms with Crippen LogP contribution in [0.5, 0.6) is 5.75 Å². The number of rotatable bonds is 3. The summed E-state index contributed by atoms with van der Waals surface area (Å²) >= 11 is 0. The third-order valence-corrected chi connectivity index (χ3v) is 1.95. The van der Waals surface area contributed by atoms with Crippen molar-refractivity contribution in [3.63, 3.8) is 0 Å². The summed E-state index contributed by atoms with van der Waals surface area (Å²) < 4.78 is 5.59. The van der Waals surface area contributed by atoms with Gasteiger partial charge in [-0.05, 0) is 32.4 Å². The highest BCUT2D eigenvalue weighted by molar-refractivity contribution is 5.97. The van der Waals surface area contributed by atoms with Crippen LogP contribution in [-0.4, -0.2) is 17.1 Å². The first-order valence-electron chi connectivity index (χ1n) is 4.79. The lowest BCUT2D eigenvalue weighted by Gasteiger charge is -2.13. The van der Waals surface area contributed by atoms with Gasteiger partial charge in [0.2, 0.25) is 0 Å². The van der Waals surface area contributed by atoms with Crippen molar-refractivity contribution in [2.75, 3.05) is 0 Å². The van der Waals surface area contributed by atoms with Crippen molar-refractivity contribution >= 4 is 5.84 Å².